The van der Waals surface area contributed by atoms with Gasteiger partial charge in [-0.15, -0.1) is 0 Å². The number of anilines is 2. The number of rotatable bonds is 3. The predicted octanol–water partition coefficient (Wildman–Crippen LogP) is 0.774. The van der Waals surface area contributed by atoms with E-state index < -0.39 is 0 Å². The van der Waals surface area contributed by atoms with Crippen molar-refractivity contribution < 1.29 is 14.3 Å². The minimum Gasteiger partial charge on any atom is -0.482 e. The molecule has 102 valence electrons. The summed E-state index contributed by atoms with van der Waals surface area (Å²) in [5.74, 6) is 0.0608. The molecule has 1 aliphatic heterocycles. The highest BCUT2D eigenvalue weighted by molar-refractivity contribution is 6.04. The molecule has 2 heterocycles. The lowest BCUT2D eigenvalue weighted by atomic mass is 10.2. The zero-order chi connectivity index (χ0) is 13.9. The highest BCUT2D eigenvalue weighted by Crippen LogP contribution is 2.31. The summed E-state index contributed by atoms with van der Waals surface area (Å²) in [4.78, 5) is 25.3. The fraction of sp³-hybridized carbons (Fsp3) is 0.154. The summed E-state index contributed by atoms with van der Waals surface area (Å²) < 4.78 is 5.32. The molecule has 0 aliphatic carbocycles. The quantitative estimate of drug-likeness (QED) is 0.864. The molecule has 3 rings (SSSR count). The number of fused-ring (bicyclic) bond motifs is 1. The van der Waals surface area contributed by atoms with Gasteiger partial charge in [0, 0.05) is 6.20 Å². The van der Waals surface area contributed by atoms with Gasteiger partial charge in [0.15, 0.2) is 6.61 Å². The van der Waals surface area contributed by atoms with Gasteiger partial charge in [0.1, 0.15) is 12.3 Å². The Balaban J connectivity index is 1.76. The number of aromatic nitrogens is 2. The third kappa shape index (κ3) is 2.33. The van der Waals surface area contributed by atoms with Gasteiger partial charge >= 0.3 is 0 Å². The molecule has 2 N–H and O–H groups in total. The standard InChI is InChI=1S/C13H12N4O3/c18-12(16-9-5-14-15-6-9)7-17-10-3-1-2-4-11(10)20-8-13(17)19/h1-6H,7-8H2,(H,14,15)(H,16,18). The second-order valence-corrected chi connectivity index (χ2v) is 4.27. The lowest BCUT2D eigenvalue weighted by Crippen LogP contribution is -2.43. The van der Waals surface area contributed by atoms with Gasteiger partial charge in [-0.2, -0.15) is 5.10 Å². The molecule has 0 atom stereocenters. The Hall–Kier alpha value is -2.83. The van der Waals surface area contributed by atoms with Gasteiger partial charge in [-0.3, -0.25) is 19.6 Å². The van der Waals surface area contributed by atoms with Crippen LogP contribution in [-0.4, -0.2) is 35.2 Å². The molecule has 1 aliphatic rings. The number of hydrogen-bond donors (Lipinski definition) is 2. The smallest absolute Gasteiger partial charge is 0.265 e. The van der Waals surface area contributed by atoms with E-state index >= 15 is 0 Å². The molecule has 1 aromatic carbocycles. The van der Waals surface area contributed by atoms with E-state index in [1.54, 1.807) is 24.4 Å². The number of H-pyrrole nitrogens is 1. The van der Waals surface area contributed by atoms with E-state index in [9.17, 15) is 9.59 Å². The molecule has 0 saturated carbocycles. The lowest BCUT2D eigenvalue weighted by molar-refractivity contribution is -0.123. The van der Waals surface area contributed by atoms with E-state index in [-0.39, 0.29) is 25.0 Å². The normalized spacial score (nSPS) is 13.6. The van der Waals surface area contributed by atoms with Crippen molar-refractivity contribution in [3.63, 3.8) is 0 Å². The van der Waals surface area contributed by atoms with Crippen molar-refractivity contribution >= 4 is 23.2 Å². The third-order valence-electron chi connectivity index (χ3n) is 2.89. The molecular weight excluding hydrogens is 260 g/mol. The van der Waals surface area contributed by atoms with Crippen LogP contribution in [-0.2, 0) is 9.59 Å². The molecule has 0 fully saturated rings. The first-order chi connectivity index (χ1) is 9.74. The Labute approximate surface area is 114 Å². The molecule has 0 bridgehead atoms. The topological polar surface area (TPSA) is 87.3 Å². The van der Waals surface area contributed by atoms with Crippen molar-refractivity contribution in [3.8, 4) is 5.75 Å². The number of carbonyl (C=O) groups is 2. The third-order valence-corrected chi connectivity index (χ3v) is 2.89. The fourth-order valence-corrected chi connectivity index (χ4v) is 1.99. The van der Waals surface area contributed by atoms with Crippen LogP contribution in [0.1, 0.15) is 0 Å². The van der Waals surface area contributed by atoms with Crippen molar-refractivity contribution in [1.82, 2.24) is 10.2 Å². The Bertz CT molecular complexity index is 639. The number of hydrogen-bond acceptors (Lipinski definition) is 4. The molecule has 2 amide bonds. The van der Waals surface area contributed by atoms with E-state index in [4.69, 9.17) is 4.74 Å². The number of nitrogens with zero attached hydrogens (tertiary/aromatic N) is 2. The van der Waals surface area contributed by atoms with Crippen LogP contribution in [0.5, 0.6) is 5.75 Å². The molecule has 20 heavy (non-hydrogen) atoms. The first-order valence-corrected chi connectivity index (χ1v) is 6.05. The SMILES string of the molecule is O=C(CN1C(=O)COc2ccccc21)Nc1cn[nH]c1. The zero-order valence-corrected chi connectivity index (χ0v) is 10.5. The highest BCUT2D eigenvalue weighted by atomic mass is 16.5. The number of para-hydroxylation sites is 2. The van der Waals surface area contributed by atoms with Crippen molar-refractivity contribution in [3.05, 3.63) is 36.7 Å². The van der Waals surface area contributed by atoms with Gasteiger partial charge in [0.25, 0.3) is 5.91 Å². The minimum absolute atomic E-state index is 0.0595. The second-order valence-electron chi connectivity index (χ2n) is 4.27. The summed E-state index contributed by atoms with van der Waals surface area (Å²) in [5, 5.41) is 8.98. The van der Waals surface area contributed by atoms with E-state index in [1.165, 1.54) is 11.1 Å². The van der Waals surface area contributed by atoms with E-state index in [0.29, 0.717) is 17.1 Å². The molecule has 7 heteroatoms. The summed E-state index contributed by atoms with van der Waals surface area (Å²) >= 11 is 0. The van der Waals surface area contributed by atoms with Crippen molar-refractivity contribution in [2.75, 3.05) is 23.4 Å². The second kappa shape index (κ2) is 5.04. The number of amides is 2. The van der Waals surface area contributed by atoms with Crippen LogP contribution in [0.25, 0.3) is 0 Å². The summed E-state index contributed by atoms with van der Waals surface area (Å²) in [6, 6.07) is 7.13. The maximum atomic E-state index is 11.9. The van der Waals surface area contributed by atoms with E-state index in [2.05, 4.69) is 15.5 Å². The summed E-state index contributed by atoms with van der Waals surface area (Å²) in [5.41, 5.74) is 1.16. The molecule has 1 aromatic heterocycles. The molecule has 7 nitrogen and oxygen atoms in total. The van der Waals surface area contributed by atoms with Gasteiger partial charge in [0.2, 0.25) is 5.91 Å². The van der Waals surface area contributed by atoms with E-state index in [0.717, 1.165) is 0 Å². The average molecular weight is 272 g/mol. The van der Waals surface area contributed by atoms with Crippen molar-refractivity contribution in [2.24, 2.45) is 0 Å². The van der Waals surface area contributed by atoms with Crippen molar-refractivity contribution in [2.45, 2.75) is 0 Å². The fourth-order valence-electron chi connectivity index (χ4n) is 1.99. The minimum atomic E-state index is -0.295. The number of benzene rings is 1. The summed E-state index contributed by atoms with van der Waals surface area (Å²) in [6.07, 6.45) is 3.06. The molecule has 2 aromatic rings. The number of carbonyl (C=O) groups excluding carboxylic acids is 2. The van der Waals surface area contributed by atoms with Crippen LogP contribution in [0.4, 0.5) is 11.4 Å². The van der Waals surface area contributed by atoms with Crippen LogP contribution in [0.3, 0.4) is 0 Å². The monoisotopic (exact) mass is 272 g/mol. The van der Waals surface area contributed by atoms with Crippen LogP contribution < -0.4 is 15.0 Å². The van der Waals surface area contributed by atoms with Gasteiger partial charge in [-0.1, -0.05) is 12.1 Å². The summed E-state index contributed by atoms with van der Waals surface area (Å²) in [7, 11) is 0. The van der Waals surface area contributed by atoms with Crippen LogP contribution in [0.15, 0.2) is 36.7 Å². The highest BCUT2D eigenvalue weighted by Gasteiger charge is 2.26. The Morgan fingerprint density at radius 2 is 2.30 bits per heavy atom. The van der Waals surface area contributed by atoms with Crippen molar-refractivity contribution in [1.29, 1.82) is 0 Å². The Kier molecular flexibility index (Phi) is 3.08. The molecule has 0 unspecified atom stereocenters. The Morgan fingerprint density at radius 1 is 1.45 bits per heavy atom. The van der Waals surface area contributed by atoms with Gasteiger partial charge in [-0.25, -0.2) is 0 Å². The van der Waals surface area contributed by atoms with Crippen LogP contribution in [0.2, 0.25) is 0 Å². The molecule has 0 saturated heterocycles. The molecule has 0 spiro atoms. The lowest BCUT2D eigenvalue weighted by Gasteiger charge is -2.28. The summed E-state index contributed by atoms with van der Waals surface area (Å²) in [6.45, 7) is -0.125. The van der Waals surface area contributed by atoms with Gasteiger partial charge in [-0.05, 0) is 12.1 Å². The van der Waals surface area contributed by atoms with Crippen LogP contribution in [0, 0.1) is 0 Å². The zero-order valence-electron chi connectivity index (χ0n) is 10.5. The van der Waals surface area contributed by atoms with E-state index in [1.807, 2.05) is 6.07 Å². The first kappa shape index (κ1) is 12.2. The Morgan fingerprint density at radius 3 is 3.10 bits per heavy atom. The first-order valence-electron chi connectivity index (χ1n) is 6.05. The largest absolute Gasteiger partial charge is 0.482 e. The maximum absolute atomic E-state index is 11.9. The predicted molar refractivity (Wildman–Crippen MR) is 71.5 cm³/mol. The number of aromatic amines is 1. The molecule has 0 radical (unpaired) electrons. The average Bonchev–Trinajstić information content (AvgIpc) is 2.95. The maximum Gasteiger partial charge on any atom is 0.265 e. The number of nitrogens with one attached hydrogen (secondary N) is 2. The molecular formula is C13H12N4O3. The van der Waals surface area contributed by atoms with Gasteiger partial charge < -0.3 is 10.1 Å². The van der Waals surface area contributed by atoms with Crippen LogP contribution >= 0.6 is 0 Å². The van der Waals surface area contributed by atoms with Gasteiger partial charge in [0.05, 0.1) is 17.6 Å². The number of ether oxygens (including phenoxy) is 1.